The van der Waals surface area contributed by atoms with Gasteiger partial charge in [0.05, 0.1) is 16.0 Å². The van der Waals surface area contributed by atoms with E-state index in [1.54, 1.807) is 17.5 Å². The number of hydrogen-bond acceptors (Lipinski definition) is 3. The molecule has 2 nitrogen and oxygen atoms in total. The average Bonchev–Trinajstić information content (AvgIpc) is 2.63. The predicted molar refractivity (Wildman–Crippen MR) is 71.4 cm³/mol. The Morgan fingerprint density at radius 3 is 2.35 bits per heavy atom. The van der Waals surface area contributed by atoms with Gasteiger partial charge in [-0.25, -0.2) is 4.98 Å². The quantitative estimate of drug-likeness (QED) is 0.902. The molecule has 0 bridgehead atoms. The van der Waals surface area contributed by atoms with Crippen molar-refractivity contribution in [1.29, 1.82) is 0 Å². The van der Waals surface area contributed by atoms with Crippen LogP contribution in [-0.4, -0.2) is 10.1 Å². The minimum absolute atomic E-state index is 0.442. The highest BCUT2D eigenvalue weighted by Gasteiger charge is 2.11. The number of aliphatic hydroxyl groups excluding tert-OH is 1. The molecule has 1 aromatic carbocycles. The van der Waals surface area contributed by atoms with Gasteiger partial charge in [0.15, 0.2) is 0 Å². The van der Waals surface area contributed by atoms with Crippen LogP contribution in [0.15, 0.2) is 24.4 Å². The molecule has 3 heteroatoms. The van der Waals surface area contributed by atoms with Gasteiger partial charge in [0, 0.05) is 12.6 Å². The molecule has 0 aliphatic carbocycles. The Bertz CT molecular complexity index is 498. The van der Waals surface area contributed by atoms with Gasteiger partial charge in [0.2, 0.25) is 0 Å². The van der Waals surface area contributed by atoms with Gasteiger partial charge in [-0.3, -0.25) is 0 Å². The van der Waals surface area contributed by atoms with E-state index in [1.165, 1.54) is 16.7 Å². The largest absolute Gasteiger partial charge is 0.387 e. The molecule has 90 valence electrons. The molecule has 1 N–H and O–H groups in total. The third-order valence-corrected chi connectivity index (χ3v) is 3.69. The summed E-state index contributed by atoms with van der Waals surface area (Å²) in [6.07, 6.45) is 1.99. The fourth-order valence-corrected chi connectivity index (χ4v) is 2.81. The highest BCUT2D eigenvalue weighted by molar-refractivity contribution is 7.11. The van der Waals surface area contributed by atoms with Crippen LogP contribution in [0.4, 0.5) is 0 Å². The maximum atomic E-state index is 10.1. The van der Waals surface area contributed by atoms with Crippen LogP contribution in [0.5, 0.6) is 0 Å². The molecule has 0 aliphatic heterocycles. The number of thiazole rings is 1. The lowest BCUT2D eigenvalue weighted by Crippen LogP contribution is -2.00. The molecular formula is C14H17NOS. The zero-order valence-corrected chi connectivity index (χ0v) is 11.2. The van der Waals surface area contributed by atoms with Gasteiger partial charge >= 0.3 is 0 Å². The van der Waals surface area contributed by atoms with Gasteiger partial charge in [0.25, 0.3) is 0 Å². The summed E-state index contributed by atoms with van der Waals surface area (Å²) < 4.78 is 0. The number of aryl methyl sites for hydroxylation is 3. The molecule has 1 unspecified atom stereocenters. The number of aromatic nitrogens is 1. The van der Waals surface area contributed by atoms with Crippen molar-refractivity contribution in [3.05, 3.63) is 51.0 Å². The predicted octanol–water partition coefficient (Wildman–Crippen LogP) is 3.34. The minimum atomic E-state index is -0.442. The molecule has 0 spiro atoms. The van der Waals surface area contributed by atoms with Crippen LogP contribution in [0, 0.1) is 20.8 Å². The number of rotatable bonds is 3. The summed E-state index contributed by atoms with van der Waals surface area (Å²) in [6.45, 7) is 6.12. The fraction of sp³-hybridized carbons (Fsp3) is 0.357. The topological polar surface area (TPSA) is 33.1 Å². The number of aliphatic hydroxyl groups is 1. The van der Waals surface area contributed by atoms with Gasteiger partial charge in [-0.05, 0) is 26.3 Å². The second-order valence-corrected chi connectivity index (χ2v) is 5.76. The summed E-state index contributed by atoms with van der Waals surface area (Å²) in [7, 11) is 0. The Morgan fingerprint density at radius 1 is 1.18 bits per heavy atom. The van der Waals surface area contributed by atoms with E-state index in [0.29, 0.717) is 6.42 Å². The third-order valence-electron chi connectivity index (χ3n) is 2.68. The molecule has 0 saturated carbocycles. The van der Waals surface area contributed by atoms with E-state index >= 15 is 0 Å². The zero-order valence-electron chi connectivity index (χ0n) is 10.4. The minimum Gasteiger partial charge on any atom is -0.387 e. The molecule has 0 amide bonds. The van der Waals surface area contributed by atoms with Crippen LogP contribution in [0.1, 0.15) is 32.7 Å². The van der Waals surface area contributed by atoms with Crippen LogP contribution >= 0.6 is 11.3 Å². The number of benzene rings is 1. The van der Waals surface area contributed by atoms with Crippen molar-refractivity contribution in [2.24, 2.45) is 0 Å². The second kappa shape index (κ2) is 4.98. The van der Waals surface area contributed by atoms with E-state index in [0.717, 1.165) is 9.88 Å². The standard InChI is InChI=1S/C14H17NOS/c1-9-4-10(2)6-12(5-9)7-13(16)14-8-15-11(3)17-14/h4-6,8,13,16H,7H2,1-3H3. The normalized spacial score (nSPS) is 12.7. The Morgan fingerprint density at radius 2 is 1.82 bits per heavy atom. The molecule has 1 heterocycles. The lowest BCUT2D eigenvalue weighted by molar-refractivity contribution is 0.182. The van der Waals surface area contributed by atoms with Crippen molar-refractivity contribution in [3.63, 3.8) is 0 Å². The third kappa shape index (κ3) is 3.14. The van der Waals surface area contributed by atoms with Crippen molar-refractivity contribution >= 4 is 11.3 Å². The Hall–Kier alpha value is -1.19. The summed E-state index contributed by atoms with van der Waals surface area (Å²) in [5.74, 6) is 0. The molecule has 0 fully saturated rings. The zero-order chi connectivity index (χ0) is 12.4. The highest BCUT2D eigenvalue weighted by Crippen LogP contribution is 2.24. The van der Waals surface area contributed by atoms with Gasteiger partial charge < -0.3 is 5.11 Å². The smallest absolute Gasteiger partial charge is 0.0938 e. The first kappa shape index (κ1) is 12.3. The molecule has 1 aromatic heterocycles. The first-order chi connectivity index (χ1) is 8.04. The fourth-order valence-electron chi connectivity index (χ4n) is 2.04. The number of nitrogens with zero attached hydrogens (tertiary/aromatic N) is 1. The van der Waals surface area contributed by atoms with Crippen molar-refractivity contribution in [2.75, 3.05) is 0 Å². The lowest BCUT2D eigenvalue weighted by atomic mass is 10.0. The highest BCUT2D eigenvalue weighted by atomic mass is 32.1. The SMILES string of the molecule is Cc1cc(C)cc(CC(O)c2cnc(C)s2)c1. The molecule has 0 radical (unpaired) electrons. The Kier molecular flexibility index (Phi) is 3.60. The molecule has 2 rings (SSSR count). The van der Waals surface area contributed by atoms with Crippen molar-refractivity contribution < 1.29 is 5.11 Å². The van der Waals surface area contributed by atoms with E-state index < -0.39 is 6.10 Å². The summed E-state index contributed by atoms with van der Waals surface area (Å²) >= 11 is 1.56. The van der Waals surface area contributed by atoms with Crippen LogP contribution in [-0.2, 0) is 6.42 Å². The van der Waals surface area contributed by atoms with Gasteiger partial charge in [0.1, 0.15) is 0 Å². The van der Waals surface area contributed by atoms with E-state index in [4.69, 9.17) is 0 Å². The van der Waals surface area contributed by atoms with Crippen LogP contribution < -0.4 is 0 Å². The summed E-state index contributed by atoms with van der Waals surface area (Å²) in [5.41, 5.74) is 3.67. The maximum absolute atomic E-state index is 10.1. The van der Waals surface area contributed by atoms with E-state index in [2.05, 4.69) is 37.0 Å². The molecular weight excluding hydrogens is 230 g/mol. The summed E-state index contributed by atoms with van der Waals surface area (Å²) in [5, 5.41) is 11.1. The molecule has 0 aliphatic rings. The summed E-state index contributed by atoms with van der Waals surface area (Å²) in [6, 6.07) is 6.40. The van der Waals surface area contributed by atoms with Gasteiger partial charge in [-0.2, -0.15) is 0 Å². The van der Waals surface area contributed by atoms with Crippen molar-refractivity contribution in [2.45, 2.75) is 33.3 Å². The molecule has 1 atom stereocenters. The van der Waals surface area contributed by atoms with Gasteiger partial charge in [-0.15, -0.1) is 11.3 Å². The van der Waals surface area contributed by atoms with Crippen molar-refractivity contribution in [1.82, 2.24) is 4.98 Å². The Balaban J connectivity index is 2.15. The monoisotopic (exact) mass is 247 g/mol. The van der Waals surface area contributed by atoms with Crippen LogP contribution in [0.25, 0.3) is 0 Å². The van der Waals surface area contributed by atoms with Crippen LogP contribution in [0.3, 0.4) is 0 Å². The molecule has 0 saturated heterocycles. The Labute approximate surface area is 106 Å². The van der Waals surface area contributed by atoms with E-state index in [1.807, 2.05) is 6.92 Å². The average molecular weight is 247 g/mol. The second-order valence-electron chi connectivity index (χ2n) is 4.50. The van der Waals surface area contributed by atoms with E-state index in [9.17, 15) is 5.11 Å². The maximum Gasteiger partial charge on any atom is 0.0938 e. The summed E-state index contributed by atoms with van der Waals surface area (Å²) in [4.78, 5) is 5.12. The number of hydrogen-bond donors (Lipinski definition) is 1. The van der Waals surface area contributed by atoms with Crippen LogP contribution in [0.2, 0.25) is 0 Å². The van der Waals surface area contributed by atoms with Crippen molar-refractivity contribution in [3.8, 4) is 0 Å². The lowest BCUT2D eigenvalue weighted by Gasteiger charge is -2.09. The molecule has 17 heavy (non-hydrogen) atoms. The first-order valence-corrected chi connectivity index (χ1v) is 6.54. The van der Waals surface area contributed by atoms with Gasteiger partial charge in [-0.1, -0.05) is 29.3 Å². The first-order valence-electron chi connectivity index (χ1n) is 5.72. The van der Waals surface area contributed by atoms with E-state index in [-0.39, 0.29) is 0 Å². The molecule has 2 aromatic rings.